The van der Waals surface area contributed by atoms with E-state index in [4.69, 9.17) is 9.47 Å². The number of morpholine rings is 1. The van der Waals surface area contributed by atoms with Crippen LogP contribution in [0.25, 0.3) is 0 Å². The van der Waals surface area contributed by atoms with Gasteiger partial charge in [0.15, 0.2) is 6.23 Å². The summed E-state index contributed by atoms with van der Waals surface area (Å²) in [5, 5.41) is 5.61. The highest BCUT2D eigenvalue weighted by atomic mass is 19.4. The second kappa shape index (κ2) is 14.5. The molecule has 0 unspecified atom stereocenters. The van der Waals surface area contributed by atoms with E-state index in [0.29, 0.717) is 22.4 Å². The number of aromatic nitrogens is 1. The van der Waals surface area contributed by atoms with Crippen molar-refractivity contribution in [3.05, 3.63) is 95.1 Å². The average Bonchev–Trinajstić information content (AvgIpc) is 2.96. The summed E-state index contributed by atoms with van der Waals surface area (Å²) in [6.07, 6.45) is -4.39. The Kier molecular flexibility index (Phi) is 10.8. The minimum absolute atomic E-state index is 0.128. The zero-order valence-corrected chi connectivity index (χ0v) is 23.5. The van der Waals surface area contributed by atoms with Crippen molar-refractivity contribution in [1.82, 2.24) is 15.2 Å². The predicted molar refractivity (Wildman–Crippen MR) is 147 cm³/mol. The molecule has 14 heteroatoms. The molecule has 0 spiro atoms. The first-order chi connectivity index (χ1) is 20.9. The number of ether oxygens (including phenoxy) is 2. The van der Waals surface area contributed by atoms with Gasteiger partial charge in [-0.1, -0.05) is 18.2 Å². The van der Waals surface area contributed by atoms with Crippen molar-refractivity contribution < 1.29 is 45.4 Å². The van der Waals surface area contributed by atoms with Crippen molar-refractivity contribution in [3.8, 4) is 0 Å². The van der Waals surface area contributed by atoms with Crippen LogP contribution in [0.4, 0.5) is 36.8 Å². The van der Waals surface area contributed by atoms with Gasteiger partial charge >= 0.3 is 12.3 Å². The summed E-state index contributed by atoms with van der Waals surface area (Å²) in [6, 6.07) is 10.9. The Morgan fingerprint density at radius 3 is 2.50 bits per heavy atom. The maximum absolute atomic E-state index is 14.9. The highest BCUT2D eigenvalue weighted by Crippen LogP contribution is 2.30. The summed E-state index contributed by atoms with van der Waals surface area (Å²) in [6.45, 7) is -1.41. The zero-order valence-electron chi connectivity index (χ0n) is 23.5. The summed E-state index contributed by atoms with van der Waals surface area (Å²) in [5.74, 6) is -2.78. The van der Waals surface area contributed by atoms with Gasteiger partial charge in [-0.05, 0) is 54.3 Å². The van der Waals surface area contributed by atoms with Gasteiger partial charge in [-0.3, -0.25) is 15.1 Å². The predicted octanol–water partition coefficient (Wildman–Crippen LogP) is 5.54. The molecule has 3 aromatic rings. The number of benzene rings is 2. The Balaban J connectivity index is 1.35. The van der Waals surface area contributed by atoms with Crippen LogP contribution in [0.3, 0.4) is 0 Å². The molecule has 0 saturated carbocycles. The van der Waals surface area contributed by atoms with E-state index in [0.717, 1.165) is 13.2 Å². The number of nitrogens with one attached hydrogen (secondary N) is 2. The Bertz CT molecular complexity index is 1430. The Hall–Kier alpha value is -4.17. The van der Waals surface area contributed by atoms with Gasteiger partial charge in [0, 0.05) is 43.4 Å². The largest absolute Gasteiger partial charge is 0.428 e. The number of alkyl halides is 3. The fourth-order valence-corrected chi connectivity index (χ4v) is 4.77. The molecule has 0 aliphatic carbocycles. The monoisotopic (exact) mass is 624 g/mol. The quantitative estimate of drug-likeness (QED) is 0.288. The molecule has 1 aliphatic heterocycles. The first-order valence-electron chi connectivity index (χ1n) is 13.6. The van der Waals surface area contributed by atoms with Crippen LogP contribution in [-0.4, -0.2) is 67.1 Å². The minimum Gasteiger partial charge on any atom is -0.428 e. The molecule has 1 fully saturated rings. The van der Waals surface area contributed by atoms with E-state index in [-0.39, 0.29) is 37.2 Å². The molecule has 2 heterocycles. The third kappa shape index (κ3) is 9.41. The zero-order chi connectivity index (χ0) is 31.9. The van der Waals surface area contributed by atoms with Gasteiger partial charge in [0.2, 0.25) is 5.91 Å². The topological polar surface area (TPSA) is 92.8 Å². The van der Waals surface area contributed by atoms with E-state index in [1.54, 1.807) is 6.07 Å². The number of pyridine rings is 1. The molecular formula is C30H30F6N4O4. The molecule has 236 valence electrons. The van der Waals surface area contributed by atoms with E-state index >= 15 is 0 Å². The minimum atomic E-state index is -4.57. The van der Waals surface area contributed by atoms with Crippen LogP contribution >= 0.6 is 0 Å². The molecule has 0 bridgehead atoms. The molecule has 2 aromatic carbocycles. The van der Waals surface area contributed by atoms with Crippen LogP contribution in [0.5, 0.6) is 0 Å². The SMILES string of the molecule is CN(CC(F)(F)F)C(=O)O[C@H]1CO[C@H](CCc2c(F)cccc2NC(=O)C[C@H](c2ccc(F)cc2)c2cncc(F)c2)CN1. The van der Waals surface area contributed by atoms with Gasteiger partial charge in [-0.25, -0.2) is 18.0 Å². The van der Waals surface area contributed by atoms with E-state index in [1.807, 2.05) is 0 Å². The van der Waals surface area contributed by atoms with E-state index in [9.17, 15) is 35.9 Å². The number of halogens is 6. The smallest absolute Gasteiger partial charge is 0.411 e. The van der Waals surface area contributed by atoms with Crippen molar-refractivity contribution in [3.63, 3.8) is 0 Å². The molecule has 4 rings (SSSR count). The Labute approximate surface area is 249 Å². The van der Waals surface area contributed by atoms with Crippen LogP contribution in [0.1, 0.15) is 35.4 Å². The lowest BCUT2D eigenvalue weighted by Gasteiger charge is -2.31. The number of anilines is 1. The van der Waals surface area contributed by atoms with Crippen LogP contribution in [-0.2, 0) is 20.7 Å². The number of amides is 2. The van der Waals surface area contributed by atoms with Gasteiger partial charge in [0.05, 0.1) is 18.9 Å². The summed E-state index contributed by atoms with van der Waals surface area (Å²) in [4.78, 5) is 29.3. The van der Waals surface area contributed by atoms with Gasteiger partial charge in [0.25, 0.3) is 0 Å². The molecule has 2 amide bonds. The number of carbonyl (C=O) groups excluding carboxylic acids is 2. The lowest BCUT2D eigenvalue weighted by molar-refractivity contribution is -0.143. The van der Waals surface area contributed by atoms with Gasteiger partial charge < -0.3 is 19.7 Å². The summed E-state index contributed by atoms with van der Waals surface area (Å²) in [7, 11) is 0.967. The second-order valence-electron chi connectivity index (χ2n) is 10.3. The molecule has 1 aliphatic rings. The summed E-state index contributed by atoms with van der Waals surface area (Å²) < 4.78 is 90.6. The van der Waals surface area contributed by atoms with Crippen molar-refractivity contribution >= 4 is 17.7 Å². The summed E-state index contributed by atoms with van der Waals surface area (Å²) >= 11 is 0. The molecular weight excluding hydrogens is 594 g/mol. The lowest BCUT2D eigenvalue weighted by atomic mass is 9.89. The third-order valence-electron chi connectivity index (χ3n) is 6.93. The number of rotatable bonds is 10. The maximum atomic E-state index is 14.9. The lowest BCUT2D eigenvalue weighted by Crippen LogP contribution is -2.50. The Morgan fingerprint density at radius 2 is 1.84 bits per heavy atom. The third-order valence-corrected chi connectivity index (χ3v) is 6.93. The van der Waals surface area contributed by atoms with Crippen LogP contribution < -0.4 is 10.6 Å². The van der Waals surface area contributed by atoms with Crippen molar-refractivity contribution in [2.75, 3.05) is 32.1 Å². The summed E-state index contributed by atoms with van der Waals surface area (Å²) in [5.41, 5.74) is 1.42. The molecule has 8 nitrogen and oxygen atoms in total. The van der Waals surface area contributed by atoms with Crippen LogP contribution in [0, 0.1) is 17.5 Å². The van der Waals surface area contributed by atoms with Crippen molar-refractivity contribution in [1.29, 1.82) is 0 Å². The van der Waals surface area contributed by atoms with Crippen LogP contribution in [0.15, 0.2) is 60.9 Å². The number of carbonyl (C=O) groups is 2. The standard InChI is InChI=1S/C30H30F6N4O4/c1-40(17-30(34,35)36)29(42)44-28-16-43-22(15-38-28)9-10-23-25(33)3-2-4-26(23)39-27(41)12-24(18-5-7-20(31)8-6-18)19-11-21(32)14-37-13-19/h2-8,11,13-14,22,24,28,38H,9-10,12,15-17H2,1H3,(H,39,41)/t22-,24-,28+/m1/s1. The highest BCUT2D eigenvalue weighted by Gasteiger charge is 2.33. The maximum Gasteiger partial charge on any atom is 0.411 e. The van der Waals surface area contributed by atoms with Gasteiger partial charge in [-0.15, -0.1) is 0 Å². The normalized spacial score (nSPS) is 17.5. The van der Waals surface area contributed by atoms with Crippen molar-refractivity contribution in [2.24, 2.45) is 0 Å². The second-order valence-corrected chi connectivity index (χ2v) is 10.3. The average molecular weight is 625 g/mol. The first kappa shape index (κ1) is 32.7. The molecule has 1 saturated heterocycles. The highest BCUT2D eigenvalue weighted by molar-refractivity contribution is 5.92. The first-order valence-corrected chi connectivity index (χ1v) is 13.6. The van der Waals surface area contributed by atoms with E-state index < -0.39 is 60.4 Å². The number of nitrogens with zero attached hydrogens (tertiary/aromatic N) is 2. The van der Waals surface area contributed by atoms with Crippen molar-refractivity contribution in [2.45, 2.75) is 43.7 Å². The Morgan fingerprint density at radius 1 is 1.09 bits per heavy atom. The molecule has 0 radical (unpaired) electrons. The number of hydrogen-bond acceptors (Lipinski definition) is 6. The molecule has 2 N–H and O–H groups in total. The van der Waals surface area contributed by atoms with Gasteiger partial charge in [-0.2, -0.15) is 13.2 Å². The number of hydrogen-bond donors (Lipinski definition) is 2. The fraction of sp³-hybridized carbons (Fsp3) is 0.367. The van der Waals surface area contributed by atoms with E-state index in [1.165, 1.54) is 48.7 Å². The molecule has 1 aromatic heterocycles. The molecule has 3 atom stereocenters. The molecule has 44 heavy (non-hydrogen) atoms. The van der Waals surface area contributed by atoms with Crippen LogP contribution in [0.2, 0.25) is 0 Å². The van der Waals surface area contributed by atoms with E-state index in [2.05, 4.69) is 15.6 Å². The van der Waals surface area contributed by atoms with Gasteiger partial charge in [0.1, 0.15) is 24.0 Å². The fourth-order valence-electron chi connectivity index (χ4n) is 4.77.